The second kappa shape index (κ2) is 6.56. The van der Waals surface area contributed by atoms with E-state index in [1.54, 1.807) is 19.2 Å². The van der Waals surface area contributed by atoms with E-state index in [0.29, 0.717) is 5.56 Å². The first-order chi connectivity index (χ1) is 9.13. The van der Waals surface area contributed by atoms with Gasteiger partial charge in [0.05, 0.1) is 14.3 Å². The molecule has 0 spiro atoms. The molecule has 0 N–H and O–H groups in total. The minimum absolute atomic E-state index is 0.649. The smallest absolute Gasteiger partial charge is 0.154 e. The summed E-state index contributed by atoms with van der Waals surface area (Å²) in [7, 11) is 1.62. The zero-order valence-electron chi connectivity index (χ0n) is 10.0. The molecule has 0 heterocycles. The first-order valence-electron chi connectivity index (χ1n) is 5.40. The summed E-state index contributed by atoms with van der Waals surface area (Å²) in [4.78, 5) is 10.8. The number of hydrogen-bond acceptors (Lipinski definition) is 3. The molecule has 98 valence electrons. The molecule has 0 unspecified atom stereocenters. The van der Waals surface area contributed by atoms with Gasteiger partial charge in [-0.3, -0.25) is 4.79 Å². The Balaban J connectivity index is 2.29. The highest BCUT2D eigenvalue weighted by atomic mass is 127. The molecule has 2 aromatic carbocycles. The fourth-order valence-corrected chi connectivity index (χ4v) is 3.54. The van der Waals surface area contributed by atoms with Crippen molar-refractivity contribution in [2.24, 2.45) is 0 Å². The maximum Gasteiger partial charge on any atom is 0.154 e. The average molecular weight is 480 g/mol. The van der Waals surface area contributed by atoms with Crippen LogP contribution < -0.4 is 9.47 Å². The molecule has 0 saturated carbocycles. The molecule has 19 heavy (non-hydrogen) atoms. The van der Waals surface area contributed by atoms with Gasteiger partial charge in [-0.25, -0.2) is 0 Å². The lowest BCUT2D eigenvalue weighted by molar-refractivity contribution is 0.112. The van der Waals surface area contributed by atoms with E-state index in [0.717, 1.165) is 30.7 Å². The Morgan fingerprint density at radius 3 is 2.00 bits per heavy atom. The van der Waals surface area contributed by atoms with Crippen LogP contribution in [0.3, 0.4) is 0 Å². The normalized spacial score (nSPS) is 10.1. The molecule has 0 fully saturated rings. The quantitative estimate of drug-likeness (QED) is 0.478. The van der Waals surface area contributed by atoms with Gasteiger partial charge in [-0.15, -0.1) is 0 Å². The molecule has 0 saturated heterocycles. The molecule has 2 aromatic rings. The first kappa shape index (κ1) is 14.6. The fraction of sp³-hybridized carbons (Fsp3) is 0.0714. The number of ether oxygens (including phenoxy) is 2. The van der Waals surface area contributed by atoms with E-state index in [9.17, 15) is 4.79 Å². The number of aldehydes is 1. The van der Waals surface area contributed by atoms with E-state index in [-0.39, 0.29) is 0 Å². The summed E-state index contributed by atoms with van der Waals surface area (Å²) in [5.74, 6) is 2.28. The molecule has 0 aliphatic rings. The van der Waals surface area contributed by atoms with Gasteiger partial charge in [0.25, 0.3) is 0 Å². The van der Waals surface area contributed by atoms with E-state index >= 15 is 0 Å². The van der Waals surface area contributed by atoms with Crippen LogP contribution in [0.15, 0.2) is 36.4 Å². The van der Waals surface area contributed by atoms with Gasteiger partial charge in [0.2, 0.25) is 0 Å². The molecule has 0 aliphatic heterocycles. The maximum absolute atomic E-state index is 10.8. The second-order valence-corrected chi connectivity index (χ2v) is 6.03. The topological polar surface area (TPSA) is 35.5 Å². The van der Waals surface area contributed by atoms with Gasteiger partial charge in [0.1, 0.15) is 17.8 Å². The Bertz CT molecular complexity index is 571. The monoisotopic (exact) mass is 480 g/mol. The van der Waals surface area contributed by atoms with E-state index in [4.69, 9.17) is 9.47 Å². The zero-order valence-corrected chi connectivity index (χ0v) is 14.3. The van der Waals surface area contributed by atoms with Crippen molar-refractivity contribution in [1.82, 2.24) is 0 Å². The molecule has 5 heteroatoms. The van der Waals surface area contributed by atoms with Crippen LogP contribution in [0.4, 0.5) is 0 Å². The van der Waals surface area contributed by atoms with Crippen molar-refractivity contribution < 1.29 is 14.3 Å². The van der Waals surface area contributed by atoms with Crippen molar-refractivity contribution in [3.63, 3.8) is 0 Å². The Morgan fingerprint density at radius 1 is 1.00 bits per heavy atom. The Labute approximate surface area is 138 Å². The third-order valence-corrected chi connectivity index (χ3v) is 4.04. The molecule has 0 bridgehead atoms. The van der Waals surface area contributed by atoms with Crippen molar-refractivity contribution in [2.45, 2.75) is 0 Å². The SMILES string of the molecule is COc1ccc(Oc2c(I)cc(C=O)cc2I)cc1. The van der Waals surface area contributed by atoms with Crippen LogP contribution in [0, 0.1) is 7.14 Å². The summed E-state index contributed by atoms with van der Waals surface area (Å²) >= 11 is 4.32. The van der Waals surface area contributed by atoms with Gasteiger partial charge in [-0.1, -0.05) is 0 Å². The highest BCUT2D eigenvalue weighted by Gasteiger charge is 2.10. The van der Waals surface area contributed by atoms with Gasteiger partial charge >= 0.3 is 0 Å². The molecule has 0 aliphatic carbocycles. The highest BCUT2D eigenvalue weighted by molar-refractivity contribution is 14.1. The lowest BCUT2D eigenvalue weighted by atomic mass is 10.2. The largest absolute Gasteiger partial charge is 0.497 e. The van der Waals surface area contributed by atoms with Crippen LogP contribution in [0.1, 0.15) is 10.4 Å². The number of carbonyl (C=O) groups excluding carboxylic acids is 1. The minimum Gasteiger partial charge on any atom is -0.497 e. The van der Waals surface area contributed by atoms with Gasteiger partial charge in [0, 0.05) is 5.56 Å². The number of methoxy groups -OCH3 is 1. The van der Waals surface area contributed by atoms with Crippen molar-refractivity contribution in [1.29, 1.82) is 0 Å². The third kappa shape index (κ3) is 3.59. The standard InChI is InChI=1S/C14H10I2O3/c1-18-10-2-4-11(5-3-10)19-14-12(15)6-9(8-17)7-13(14)16/h2-8H,1H3. The summed E-state index contributed by atoms with van der Waals surface area (Å²) in [6.07, 6.45) is 0.835. The summed E-state index contributed by atoms with van der Waals surface area (Å²) in [5, 5.41) is 0. The third-order valence-electron chi connectivity index (χ3n) is 2.44. The zero-order chi connectivity index (χ0) is 13.8. The summed E-state index contributed by atoms with van der Waals surface area (Å²) < 4.78 is 12.8. The van der Waals surface area contributed by atoms with Crippen LogP contribution in [-0.4, -0.2) is 13.4 Å². The fourth-order valence-electron chi connectivity index (χ4n) is 1.51. The van der Waals surface area contributed by atoms with Gasteiger partial charge < -0.3 is 9.47 Å². The molecule has 0 aromatic heterocycles. The molecule has 0 radical (unpaired) electrons. The average Bonchev–Trinajstić information content (AvgIpc) is 2.43. The van der Waals surface area contributed by atoms with E-state index in [2.05, 4.69) is 45.2 Å². The van der Waals surface area contributed by atoms with Crippen molar-refractivity contribution in [2.75, 3.05) is 7.11 Å². The Morgan fingerprint density at radius 2 is 1.53 bits per heavy atom. The summed E-state index contributed by atoms with van der Waals surface area (Å²) in [5.41, 5.74) is 0.649. The van der Waals surface area contributed by atoms with Crippen molar-refractivity contribution in [3.8, 4) is 17.2 Å². The summed E-state index contributed by atoms with van der Waals surface area (Å²) in [6, 6.07) is 11.0. The molecule has 3 nitrogen and oxygen atoms in total. The predicted octanol–water partition coefficient (Wildman–Crippen LogP) is 4.51. The van der Waals surface area contributed by atoms with Crippen LogP contribution >= 0.6 is 45.2 Å². The van der Waals surface area contributed by atoms with E-state index < -0.39 is 0 Å². The second-order valence-electron chi connectivity index (χ2n) is 3.71. The van der Waals surface area contributed by atoms with Gasteiger partial charge in [0.15, 0.2) is 5.75 Å². The first-order valence-corrected chi connectivity index (χ1v) is 7.56. The predicted molar refractivity (Wildman–Crippen MR) is 90.3 cm³/mol. The molecular formula is C14H10I2O3. The van der Waals surface area contributed by atoms with Crippen LogP contribution in [0.5, 0.6) is 17.2 Å². The number of halogens is 2. The van der Waals surface area contributed by atoms with Crippen LogP contribution in [0.2, 0.25) is 0 Å². The van der Waals surface area contributed by atoms with E-state index in [1.165, 1.54) is 0 Å². The molecule has 0 atom stereocenters. The van der Waals surface area contributed by atoms with Crippen LogP contribution in [-0.2, 0) is 0 Å². The van der Waals surface area contributed by atoms with Crippen molar-refractivity contribution in [3.05, 3.63) is 49.1 Å². The van der Waals surface area contributed by atoms with E-state index in [1.807, 2.05) is 24.3 Å². The maximum atomic E-state index is 10.8. The molecule has 2 rings (SSSR count). The lowest BCUT2D eigenvalue weighted by Gasteiger charge is -2.11. The lowest BCUT2D eigenvalue weighted by Crippen LogP contribution is -1.93. The van der Waals surface area contributed by atoms with Crippen molar-refractivity contribution >= 4 is 51.5 Å². The number of hydrogen-bond donors (Lipinski definition) is 0. The molecular weight excluding hydrogens is 470 g/mol. The molecule has 0 amide bonds. The van der Waals surface area contributed by atoms with Gasteiger partial charge in [-0.2, -0.15) is 0 Å². The Kier molecular flexibility index (Phi) is 5.03. The number of benzene rings is 2. The Hall–Kier alpha value is -0.830. The minimum atomic E-state index is 0.649. The number of carbonyl (C=O) groups is 1. The highest BCUT2D eigenvalue weighted by Crippen LogP contribution is 2.33. The van der Waals surface area contributed by atoms with Gasteiger partial charge in [-0.05, 0) is 81.6 Å². The number of rotatable bonds is 4. The summed E-state index contributed by atoms with van der Waals surface area (Å²) in [6.45, 7) is 0. The van der Waals surface area contributed by atoms with Crippen LogP contribution in [0.25, 0.3) is 0 Å².